The minimum atomic E-state index is -0.359. The average molecular weight is 299 g/mol. The van der Waals surface area contributed by atoms with Gasteiger partial charge in [-0.25, -0.2) is 4.79 Å². The van der Waals surface area contributed by atoms with Crippen LogP contribution in [0.15, 0.2) is 41.4 Å². The van der Waals surface area contributed by atoms with Crippen molar-refractivity contribution in [3.05, 3.63) is 42.0 Å². The third-order valence-corrected chi connectivity index (χ3v) is 5.51. The van der Waals surface area contributed by atoms with Crippen LogP contribution in [0, 0.1) is 0 Å². The number of carbonyl (C=O) groups is 1. The van der Waals surface area contributed by atoms with Crippen molar-refractivity contribution in [2.24, 2.45) is 4.99 Å². The van der Waals surface area contributed by atoms with Crippen LogP contribution < -0.4 is 0 Å². The Kier molecular flexibility index (Phi) is 3.54. The second-order valence-corrected chi connectivity index (χ2v) is 7.01. The van der Waals surface area contributed by atoms with Crippen molar-refractivity contribution in [1.82, 2.24) is 0 Å². The Bertz CT molecular complexity index is 754. The second kappa shape index (κ2) is 5.23. The Morgan fingerprint density at radius 3 is 2.81 bits per heavy atom. The quantitative estimate of drug-likeness (QED) is 0.748. The molecule has 108 valence electrons. The van der Waals surface area contributed by atoms with Crippen molar-refractivity contribution in [3.63, 3.8) is 0 Å². The highest BCUT2D eigenvalue weighted by Crippen LogP contribution is 2.53. The predicted octanol–water partition coefficient (Wildman–Crippen LogP) is 5.00. The van der Waals surface area contributed by atoms with Crippen molar-refractivity contribution < 1.29 is 9.53 Å². The molecule has 1 heterocycles. The van der Waals surface area contributed by atoms with Crippen molar-refractivity contribution in [1.29, 1.82) is 0 Å². The molecule has 1 aliphatic heterocycles. The zero-order valence-corrected chi connectivity index (χ0v) is 13.4. The van der Waals surface area contributed by atoms with Crippen LogP contribution >= 0.6 is 8.58 Å². The highest BCUT2D eigenvalue weighted by molar-refractivity contribution is 7.59. The maximum atomic E-state index is 12.0. The van der Waals surface area contributed by atoms with E-state index in [0.717, 1.165) is 17.0 Å². The van der Waals surface area contributed by atoms with Crippen LogP contribution in [0.25, 0.3) is 10.8 Å². The molecule has 0 aromatic heterocycles. The molecule has 0 saturated carbocycles. The van der Waals surface area contributed by atoms with Crippen molar-refractivity contribution in [3.8, 4) is 0 Å². The van der Waals surface area contributed by atoms with E-state index >= 15 is 0 Å². The molecule has 0 aliphatic carbocycles. The van der Waals surface area contributed by atoms with E-state index in [1.165, 1.54) is 10.8 Å². The number of hydrogen-bond acceptors (Lipinski definition) is 3. The molecular formula is C17H18NO2P. The molecule has 1 aliphatic rings. The number of ether oxygens (including phenoxy) is 1. The first-order valence-corrected chi connectivity index (χ1v) is 8.09. The first-order valence-electron chi connectivity index (χ1n) is 7.09. The molecule has 0 bridgehead atoms. The van der Waals surface area contributed by atoms with E-state index in [2.05, 4.69) is 30.1 Å². The second-order valence-electron chi connectivity index (χ2n) is 5.35. The highest BCUT2D eigenvalue weighted by atomic mass is 31.1. The Hall–Kier alpha value is -1.73. The molecule has 0 radical (unpaired) electrons. The van der Waals surface area contributed by atoms with Crippen LogP contribution in [-0.4, -0.2) is 18.0 Å². The molecule has 0 spiro atoms. The van der Waals surface area contributed by atoms with Gasteiger partial charge in [-0.3, -0.25) is 4.99 Å². The minimum absolute atomic E-state index is 0.0381. The molecule has 3 rings (SSSR count). The molecule has 2 aromatic rings. The molecule has 0 N–H and O–H groups in total. The summed E-state index contributed by atoms with van der Waals surface area (Å²) >= 11 is 0. The zero-order chi connectivity index (χ0) is 15.0. The summed E-state index contributed by atoms with van der Waals surface area (Å²) in [5.41, 5.74) is 2.98. The molecule has 2 atom stereocenters. The standard InChI is InChI=1S/C17H18NO2P/c1-4-20-16(19)21-17(3)11(2)18-14-10-9-12-7-5-6-8-13(12)15(14)17/h5-10,21H,4H2,1-3H3. The normalized spacial score (nSPS) is 20.8. The first-order chi connectivity index (χ1) is 10.1. The Balaban J connectivity index is 2.15. The van der Waals surface area contributed by atoms with Crippen LogP contribution in [0.4, 0.5) is 10.5 Å². The minimum Gasteiger partial charge on any atom is -0.463 e. The van der Waals surface area contributed by atoms with E-state index in [1.54, 1.807) is 0 Å². The molecule has 0 saturated heterocycles. The van der Waals surface area contributed by atoms with Gasteiger partial charge in [0.1, 0.15) is 0 Å². The lowest BCUT2D eigenvalue weighted by Gasteiger charge is -2.26. The topological polar surface area (TPSA) is 38.7 Å². The van der Waals surface area contributed by atoms with Crippen molar-refractivity contribution in [2.45, 2.75) is 25.9 Å². The average Bonchev–Trinajstić information content (AvgIpc) is 2.71. The van der Waals surface area contributed by atoms with Gasteiger partial charge in [0.15, 0.2) is 0 Å². The summed E-state index contributed by atoms with van der Waals surface area (Å²) in [6.45, 7) is 6.35. The summed E-state index contributed by atoms with van der Waals surface area (Å²) in [7, 11) is 0.0381. The van der Waals surface area contributed by atoms with E-state index in [4.69, 9.17) is 4.74 Å². The van der Waals surface area contributed by atoms with Gasteiger partial charge in [0.2, 0.25) is 0 Å². The highest BCUT2D eigenvalue weighted by Gasteiger charge is 2.40. The van der Waals surface area contributed by atoms with Gasteiger partial charge in [-0.15, -0.1) is 0 Å². The lowest BCUT2D eigenvalue weighted by atomic mass is 9.92. The van der Waals surface area contributed by atoms with Gasteiger partial charge in [0.05, 0.1) is 17.5 Å². The largest absolute Gasteiger partial charge is 0.463 e. The zero-order valence-electron chi connectivity index (χ0n) is 12.4. The molecule has 0 amide bonds. The lowest BCUT2D eigenvalue weighted by molar-refractivity contribution is 0.180. The van der Waals surface area contributed by atoms with Crippen LogP contribution in [0.3, 0.4) is 0 Å². The van der Waals surface area contributed by atoms with Crippen LogP contribution in [0.1, 0.15) is 26.3 Å². The fourth-order valence-corrected chi connectivity index (χ4v) is 4.13. The fraction of sp³-hybridized carbons (Fsp3) is 0.294. The van der Waals surface area contributed by atoms with Gasteiger partial charge in [0.25, 0.3) is 0 Å². The smallest absolute Gasteiger partial charge is 0.324 e. The molecule has 4 heteroatoms. The summed E-state index contributed by atoms with van der Waals surface area (Å²) in [4.78, 5) is 16.7. The van der Waals surface area contributed by atoms with Gasteiger partial charge in [-0.2, -0.15) is 0 Å². The summed E-state index contributed by atoms with van der Waals surface area (Å²) in [6, 6.07) is 12.4. The molecule has 2 unspecified atom stereocenters. The number of fused-ring (bicyclic) bond motifs is 3. The Morgan fingerprint density at radius 1 is 1.29 bits per heavy atom. The van der Waals surface area contributed by atoms with Gasteiger partial charge >= 0.3 is 5.71 Å². The van der Waals surface area contributed by atoms with Crippen LogP contribution in [0.2, 0.25) is 0 Å². The number of nitrogens with zero attached hydrogens (tertiary/aromatic N) is 1. The van der Waals surface area contributed by atoms with E-state index in [9.17, 15) is 4.79 Å². The molecule has 21 heavy (non-hydrogen) atoms. The van der Waals surface area contributed by atoms with Crippen LogP contribution in [0.5, 0.6) is 0 Å². The SMILES string of the molecule is CCOC(=O)PC1(C)C(C)=Nc2ccc3ccccc3c21. The first kappa shape index (κ1) is 14.2. The van der Waals surface area contributed by atoms with Gasteiger partial charge in [0, 0.05) is 19.9 Å². The predicted molar refractivity (Wildman–Crippen MR) is 89.4 cm³/mol. The molecule has 2 aromatic carbocycles. The van der Waals surface area contributed by atoms with Gasteiger partial charge < -0.3 is 4.74 Å². The lowest BCUT2D eigenvalue weighted by Crippen LogP contribution is -2.24. The number of carbonyl (C=O) groups excluding carboxylic acids is 1. The van der Waals surface area contributed by atoms with E-state index in [-0.39, 0.29) is 19.4 Å². The number of aliphatic imine (C=N–C) groups is 1. The number of hydrogen-bond donors (Lipinski definition) is 0. The Morgan fingerprint density at radius 2 is 2.05 bits per heavy atom. The van der Waals surface area contributed by atoms with Gasteiger partial charge in [-0.05, 0) is 37.6 Å². The summed E-state index contributed by atoms with van der Waals surface area (Å²) in [6.07, 6.45) is 0. The van der Waals surface area contributed by atoms with E-state index < -0.39 is 0 Å². The van der Waals surface area contributed by atoms with E-state index in [0.29, 0.717) is 6.61 Å². The molecular weight excluding hydrogens is 281 g/mol. The number of benzene rings is 2. The summed E-state index contributed by atoms with van der Waals surface area (Å²) in [5.74, 6) is 0. The maximum absolute atomic E-state index is 12.0. The Labute approximate surface area is 126 Å². The van der Waals surface area contributed by atoms with E-state index in [1.807, 2.05) is 32.0 Å². The molecule has 3 nitrogen and oxygen atoms in total. The third kappa shape index (κ3) is 2.26. The van der Waals surface area contributed by atoms with Crippen molar-refractivity contribution >= 4 is 36.5 Å². The molecule has 0 fully saturated rings. The summed E-state index contributed by atoms with van der Waals surface area (Å²) in [5, 5.41) is 2.00. The summed E-state index contributed by atoms with van der Waals surface area (Å²) < 4.78 is 5.16. The maximum Gasteiger partial charge on any atom is 0.324 e. The van der Waals surface area contributed by atoms with Crippen molar-refractivity contribution in [2.75, 3.05) is 6.61 Å². The monoisotopic (exact) mass is 299 g/mol. The third-order valence-electron chi connectivity index (χ3n) is 4.05. The number of rotatable bonds is 3. The van der Waals surface area contributed by atoms with Crippen LogP contribution in [-0.2, 0) is 9.89 Å². The fourth-order valence-electron chi connectivity index (χ4n) is 2.88. The van der Waals surface area contributed by atoms with Gasteiger partial charge in [-0.1, -0.05) is 30.3 Å².